The van der Waals surface area contributed by atoms with Crippen molar-refractivity contribution in [3.05, 3.63) is 53.0 Å². The molecule has 114 valence electrons. The van der Waals surface area contributed by atoms with Gasteiger partial charge in [0.05, 0.1) is 19.1 Å². The van der Waals surface area contributed by atoms with E-state index in [-0.39, 0.29) is 24.6 Å². The molecule has 1 amide bonds. The number of hydrogen-bond donors (Lipinski definition) is 2. The van der Waals surface area contributed by atoms with Gasteiger partial charge in [0.1, 0.15) is 5.76 Å². The van der Waals surface area contributed by atoms with Crippen molar-refractivity contribution in [3.8, 4) is 0 Å². The van der Waals surface area contributed by atoms with E-state index in [1.807, 2.05) is 6.07 Å². The third kappa shape index (κ3) is 2.48. The molecule has 0 saturated heterocycles. The van der Waals surface area contributed by atoms with E-state index in [9.17, 15) is 14.7 Å². The smallest absolute Gasteiger partial charge is 0.371 e. The van der Waals surface area contributed by atoms with E-state index in [0.29, 0.717) is 5.76 Å². The number of aliphatic hydroxyl groups is 1. The van der Waals surface area contributed by atoms with Crippen molar-refractivity contribution >= 4 is 17.6 Å². The van der Waals surface area contributed by atoms with Gasteiger partial charge in [0.15, 0.2) is 0 Å². The van der Waals surface area contributed by atoms with Crippen molar-refractivity contribution in [2.45, 2.75) is 26.0 Å². The maximum absolute atomic E-state index is 12.2. The molecule has 0 fully saturated rings. The van der Waals surface area contributed by atoms with Gasteiger partial charge in [0.2, 0.25) is 11.7 Å². The fraction of sp³-hybridized carbons (Fsp3) is 0.250. The summed E-state index contributed by atoms with van der Waals surface area (Å²) in [6.07, 6.45) is -0.319. The number of carbonyl (C=O) groups excluding carboxylic acids is 1. The molecule has 6 nitrogen and oxygen atoms in total. The number of carboxylic acid groups (broad SMARTS) is 1. The van der Waals surface area contributed by atoms with E-state index in [2.05, 4.69) is 0 Å². The lowest BCUT2D eigenvalue weighted by Gasteiger charge is -2.16. The highest BCUT2D eigenvalue weighted by atomic mass is 16.4. The Hall–Kier alpha value is -2.60. The Morgan fingerprint density at radius 1 is 1.36 bits per heavy atom. The molecule has 0 bridgehead atoms. The van der Waals surface area contributed by atoms with E-state index in [1.165, 1.54) is 6.07 Å². The second-order valence-corrected chi connectivity index (χ2v) is 5.29. The summed E-state index contributed by atoms with van der Waals surface area (Å²) in [6, 6.07) is 8.32. The number of anilines is 1. The minimum absolute atomic E-state index is 0.0778. The van der Waals surface area contributed by atoms with Crippen LogP contribution in [0.15, 0.2) is 34.7 Å². The number of hydrogen-bond acceptors (Lipinski definition) is 4. The lowest BCUT2D eigenvalue weighted by molar-refractivity contribution is -0.117. The lowest BCUT2D eigenvalue weighted by Crippen LogP contribution is -2.25. The number of aliphatic hydroxyl groups excluding tert-OH is 1. The third-order valence-electron chi connectivity index (χ3n) is 3.71. The zero-order valence-electron chi connectivity index (χ0n) is 11.9. The lowest BCUT2D eigenvalue weighted by atomic mass is 10.1. The first kappa shape index (κ1) is 14.3. The van der Waals surface area contributed by atoms with E-state index >= 15 is 0 Å². The molecule has 2 N–H and O–H groups in total. The molecule has 6 heteroatoms. The Bertz CT molecular complexity index is 747. The molecule has 3 rings (SSSR count). The number of nitrogens with zero attached hydrogens (tertiary/aromatic N) is 1. The van der Waals surface area contributed by atoms with Crippen LogP contribution in [-0.2, 0) is 17.8 Å². The van der Waals surface area contributed by atoms with E-state index < -0.39 is 12.1 Å². The van der Waals surface area contributed by atoms with E-state index in [1.54, 1.807) is 30.0 Å². The van der Waals surface area contributed by atoms with Crippen molar-refractivity contribution in [3.63, 3.8) is 0 Å². The molecule has 1 aliphatic heterocycles. The van der Waals surface area contributed by atoms with Crippen LogP contribution in [0, 0.1) is 0 Å². The Morgan fingerprint density at radius 2 is 2.14 bits per heavy atom. The van der Waals surface area contributed by atoms with Gasteiger partial charge < -0.3 is 19.5 Å². The van der Waals surface area contributed by atoms with Gasteiger partial charge in [-0.1, -0.05) is 12.1 Å². The number of benzene rings is 1. The Balaban J connectivity index is 1.86. The largest absolute Gasteiger partial charge is 0.475 e. The number of furan rings is 1. The first-order chi connectivity index (χ1) is 10.5. The molecule has 1 unspecified atom stereocenters. The molecule has 0 radical (unpaired) electrons. The van der Waals surface area contributed by atoms with E-state index in [4.69, 9.17) is 9.52 Å². The first-order valence-electron chi connectivity index (χ1n) is 6.89. The molecule has 2 aromatic rings. The third-order valence-corrected chi connectivity index (χ3v) is 3.71. The molecule has 1 aromatic carbocycles. The molecule has 22 heavy (non-hydrogen) atoms. The maximum Gasteiger partial charge on any atom is 0.371 e. The van der Waals surface area contributed by atoms with Crippen LogP contribution in [-0.4, -0.2) is 22.1 Å². The van der Waals surface area contributed by atoms with Crippen molar-refractivity contribution in [2.75, 3.05) is 4.90 Å². The van der Waals surface area contributed by atoms with Crippen LogP contribution in [0.5, 0.6) is 0 Å². The van der Waals surface area contributed by atoms with Crippen LogP contribution in [0.4, 0.5) is 5.69 Å². The molecule has 0 saturated carbocycles. The second-order valence-electron chi connectivity index (χ2n) is 5.29. The number of fused-ring (bicyclic) bond motifs is 1. The molecular weight excluding hydrogens is 286 g/mol. The van der Waals surface area contributed by atoms with Gasteiger partial charge in [0, 0.05) is 5.69 Å². The highest BCUT2D eigenvalue weighted by molar-refractivity contribution is 6.01. The monoisotopic (exact) mass is 301 g/mol. The predicted molar refractivity (Wildman–Crippen MR) is 77.6 cm³/mol. The van der Waals surface area contributed by atoms with Crippen LogP contribution in [0.2, 0.25) is 0 Å². The number of rotatable bonds is 4. The van der Waals surface area contributed by atoms with E-state index in [0.717, 1.165) is 16.8 Å². The first-order valence-corrected chi connectivity index (χ1v) is 6.89. The molecule has 0 aliphatic carbocycles. The topological polar surface area (TPSA) is 91.0 Å². The van der Waals surface area contributed by atoms with Crippen molar-refractivity contribution in [2.24, 2.45) is 0 Å². The Labute approximate surface area is 126 Å². The normalized spacial score (nSPS) is 15.0. The van der Waals surface area contributed by atoms with Crippen LogP contribution >= 0.6 is 0 Å². The fourth-order valence-electron chi connectivity index (χ4n) is 2.57. The zero-order valence-corrected chi connectivity index (χ0v) is 11.9. The van der Waals surface area contributed by atoms with Gasteiger partial charge in [0.25, 0.3) is 0 Å². The number of amides is 1. The van der Waals surface area contributed by atoms with Gasteiger partial charge in [-0.05, 0) is 36.2 Å². The molecule has 1 atom stereocenters. The van der Waals surface area contributed by atoms with Gasteiger partial charge >= 0.3 is 5.97 Å². The van der Waals surface area contributed by atoms with Crippen LogP contribution in [0.1, 0.15) is 40.5 Å². The standard InChI is InChI=1S/C16H15NO5/c1-9(18)10-2-4-13-11(6-10)7-15(19)17(13)8-12-3-5-14(22-12)16(20)21/h2-6,9,18H,7-8H2,1H3,(H,20,21). The van der Waals surface area contributed by atoms with Crippen LogP contribution in [0.25, 0.3) is 0 Å². The second kappa shape index (κ2) is 5.31. The molecule has 2 heterocycles. The average Bonchev–Trinajstić information content (AvgIpc) is 3.04. The Morgan fingerprint density at radius 3 is 2.77 bits per heavy atom. The summed E-state index contributed by atoms with van der Waals surface area (Å²) in [4.78, 5) is 24.5. The van der Waals surface area contributed by atoms with Gasteiger partial charge in [-0.3, -0.25) is 4.79 Å². The molecule has 0 spiro atoms. The summed E-state index contributed by atoms with van der Waals surface area (Å²) in [5, 5.41) is 18.5. The number of carbonyl (C=O) groups is 2. The minimum atomic E-state index is -1.14. The highest BCUT2D eigenvalue weighted by Gasteiger charge is 2.28. The summed E-state index contributed by atoms with van der Waals surface area (Å²) in [5.41, 5.74) is 2.38. The minimum Gasteiger partial charge on any atom is -0.475 e. The van der Waals surface area contributed by atoms with Crippen LogP contribution in [0.3, 0.4) is 0 Å². The zero-order chi connectivity index (χ0) is 15.9. The quantitative estimate of drug-likeness (QED) is 0.902. The summed E-state index contributed by atoms with van der Waals surface area (Å²) in [7, 11) is 0. The van der Waals surface area contributed by atoms with Crippen LogP contribution < -0.4 is 4.90 Å². The van der Waals surface area contributed by atoms with Crippen molar-refractivity contribution in [1.82, 2.24) is 0 Å². The fourth-order valence-corrected chi connectivity index (χ4v) is 2.57. The predicted octanol–water partition coefficient (Wildman–Crippen LogP) is 2.12. The summed E-state index contributed by atoms with van der Waals surface area (Å²) < 4.78 is 5.20. The van der Waals surface area contributed by atoms with Gasteiger partial charge in [-0.2, -0.15) is 0 Å². The van der Waals surface area contributed by atoms with Crippen molar-refractivity contribution in [1.29, 1.82) is 0 Å². The van der Waals surface area contributed by atoms with Gasteiger partial charge in [-0.25, -0.2) is 4.79 Å². The Kier molecular flexibility index (Phi) is 3.46. The van der Waals surface area contributed by atoms with Gasteiger partial charge in [-0.15, -0.1) is 0 Å². The average molecular weight is 301 g/mol. The summed E-state index contributed by atoms with van der Waals surface area (Å²) in [5.74, 6) is -0.948. The number of carboxylic acids is 1. The maximum atomic E-state index is 12.2. The molecular formula is C16H15NO5. The summed E-state index contributed by atoms with van der Waals surface area (Å²) >= 11 is 0. The number of aromatic carboxylic acids is 1. The molecule has 1 aliphatic rings. The summed E-state index contributed by atoms with van der Waals surface area (Å²) in [6.45, 7) is 1.86. The SMILES string of the molecule is CC(O)c1ccc2c(c1)CC(=O)N2Cc1ccc(C(=O)O)o1. The van der Waals surface area contributed by atoms with Crippen molar-refractivity contribution < 1.29 is 24.2 Å². The molecule has 1 aromatic heterocycles. The highest BCUT2D eigenvalue weighted by Crippen LogP contribution is 2.32.